The monoisotopic (exact) mass is 272 g/mol. The van der Waals surface area contributed by atoms with Crippen molar-refractivity contribution in [2.24, 2.45) is 5.73 Å². The molecule has 0 aliphatic carbocycles. The lowest BCUT2D eigenvalue weighted by Crippen LogP contribution is -2.21. The standard InChI is InChI=1S/C17H21FN2/c1-12-7-4-5-8-14(12)11-20(3)16-10-6-9-15(18)17(16)13(2)19/h4-10,13H,11,19H2,1-3H3/t13-/m1/s1. The predicted molar refractivity (Wildman–Crippen MR) is 82.3 cm³/mol. The molecular formula is C17H21FN2. The Morgan fingerprint density at radius 2 is 1.85 bits per heavy atom. The van der Waals surface area contributed by atoms with Crippen molar-refractivity contribution in [3.8, 4) is 0 Å². The van der Waals surface area contributed by atoms with Crippen LogP contribution < -0.4 is 10.6 Å². The third kappa shape index (κ3) is 2.99. The van der Waals surface area contributed by atoms with Gasteiger partial charge in [-0.1, -0.05) is 30.3 Å². The van der Waals surface area contributed by atoms with Crippen molar-refractivity contribution in [1.29, 1.82) is 0 Å². The molecule has 0 radical (unpaired) electrons. The number of hydrogen-bond acceptors (Lipinski definition) is 2. The molecule has 0 fully saturated rings. The zero-order chi connectivity index (χ0) is 14.7. The van der Waals surface area contributed by atoms with Crippen molar-refractivity contribution in [1.82, 2.24) is 0 Å². The lowest BCUT2D eigenvalue weighted by molar-refractivity contribution is 0.592. The molecule has 1 atom stereocenters. The largest absolute Gasteiger partial charge is 0.370 e. The minimum Gasteiger partial charge on any atom is -0.370 e. The molecule has 0 bridgehead atoms. The van der Waals surface area contributed by atoms with Gasteiger partial charge in [0.05, 0.1) is 0 Å². The van der Waals surface area contributed by atoms with E-state index in [4.69, 9.17) is 5.73 Å². The molecule has 2 nitrogen and oxygen atoms in total. The molecule has 0 saturated carbocycles. The molecule has 0 amide bonds. The van der Waals surface area contributed by atoms with Gasteiger partial charge in [-0.15, -0.1) is 0 Å². The zero-order valence-corrected chi connectivity index (χ0v) is 12.2. The summed E-state index contributed by atoms with van der Waals surface area (Å²) in [6.45, 7) is 4.63. The van der Waals surface area contributed by atoms with Gasteiger partial charge < -0.3 is 10.6 Å². The molecule has 2 N–H and O–H groups in total. The van der Waals surface area contributed by atoms with Crippen LogP contribution in [0.5, 0.6) is 0 Å². The van der Waals surface area contributed by atoms with Crippen LogP contribution in [0.15, 0.2) is 42.5 Å². The Balaban J connectivity index is 2.33. The van der Waals surface area contributed by atoms with E-state index in [1.54, 1.807) is 6.07 Å². The molecule has 3 heteroatoms. The number of nitrogens with two attached hydrogens (primary N) is 1. The molecule has 106 valence electrons. The number of halogens is 1. The van der Waals surface area contributed by atoms with Crippen LogP contribution in [0.25, 0.3) is 0 Å². The van der Waals surface area contributed by atoms with E-state index in [2.05, 4.69) is 19.1 Å². The summed E-state index contributed by atoms with van der Waals surface area (Å²) in [5, 5.41) is 0. The molecule has 0 aliphatic heterocycles. The van der Waals surface area contributed by atoms with E-state index >= 15 is 0 Å². The summed E-state index contributed by atoms with van der Waals surface area (Å²) >= 11 is 0. The number of aryl methyl sites for hydroxylation is 1. The van der Waals surface area contributed by atoms with E-state index in [0.717, 1.165) is 12.2 Å². The minimum atomic E-state index is -0.328. The van der Waals surface area contributed by atoms with Crippen molar-refractivity contribution in [2.75, 3.05) is 11.9 Å². The van der Waals surface area contributed by atoms with Crippen molar-refractivity contribution in [3.63, 3.8) is 0 Å². The normalized spacial score (nSPS) is 12.2. The van der Waals surface area contributed by atoms with E-state index in [1.807, 2.05) is 37.1 Å². The first kappa shape index (κ1) is 14.5. The van der Waals surface area contributed by atoms with Gasteiger partial charge in [0.25, 0.3) is 0 Å². The lowest BCUT2D eigenvalue weighted by atomic mass is 10.0. The van der Waals surface area contributed by atoms with Gasteiger partial charge in [-0.2, -0.15) is 0 Å². The molecule has 0 unspecified atom stereocenters. The highest BCUT2D eigenvalue weighted by Crippen LogP contribution is 2.28. The molecule has 2 aromatic carbocycles. The molecule has 2 rings (SSSR count). The maximum Gasteiger partial charge on any atom is 0.130 e. The first-order valence-corrected chi connectivity index (χ1v) is 6.80. The molecule has 0 saturated heterocycles. The van der Waals surface area contributed by atoms with Crippen LogP contribution in [0.2, 0.25) is 0 Å². The summed E-state index contributed by atoms with van der Waals surface area (Å²) in [7, 11) is 1.97. The van der Waals surface area contributed by atoms with Crippen LogP contribution in [0.3, 0.4) is 0 Å². The molecule has 2 aromatic rings. The van der Waals surface area contributed by atoms with Gasteiger partial charge in [-0.25, -0.2) is 4.39 Å². The van der Waals surface area contributed by atoms with E-state index in [1.165, 1.54) is 17.2 Å². The van der Waals surface area contributed by atoms with Gasteiger partial charge >= 0.3 is 0 Å². The van der Waals surface area contributed by atoms with Crippen LogP contribution in [0.1, 0.15) is 29.7 Å². The maximum atomic E-state index is 14.0. The summed E-state index contributed by atoms with van der Waals surface area (Å²) in [4.78, 5) is 2.05. The zero-order valence-electron chi connectivity index (χ0n) is 12.2. The summed E-state index contributed by atoms with van der Waals surface area (Å²) in [6.07, 6.45) is 0. The van der Waals surface area contributed by atoms with Gasteiger partial charge in [-0.3, -0.25) is 0 Å². The van der Waals surface area contributed by atoms with E-state index in [9.17, 15) is 4.39 Å². The Labute approximate surface area is 120 Å². The highest BCUT2D eigenvalue weighted by atomic mass is 19.1. The highest BCUT2D eigenvalue weighted by molar-refractivity contribution is 5.55. The highest BCUT2D eigenvalue weighted by Gasteiger charge is 2.15. The number of anilines is 1. The van der Waals surface area contributed by atoms with Gasteiger partial charge in [0.1, 0.15) is 5.82 Å². The van der Waals surface area contributed by atoms with E-state index < -0.39 is 0 Å². The second-order valence-electron chi connectivity index (χ2n) is 5.24. The molecule has 20 heavy (non-hydrogen) atoms. The second-order valence-corrected chi connectivity index (χ2v) is 5.24. The van der Waals surface area contributed by atoms with Gasteiger partial charge in [-0.05, 0) is 37.1 Å². The Morgan fingerprint density at radius 3 is 2.50 bits per heavy atom. The number of nitrogens with zero attached hydrogens (tertiary/aromatic N) is 1. The smallest absolute Gasteiger partial charge is 0.130 e. The van der Waals surface area contributed by atoms with Crippen molar-refractivity contribution >= 4 is 5.69 Å². The average molecular weight is 272 g/mol. The van der Waals surface area contributed by atoms with E-state index in [-0.39, 0.29) is 11.9 Å². The second kappa shape index (κ2) is 6.06. The Kier molecular flexibility index (Phi) is 4.40. The van der Waals surface area contributed by atoms with Crippen LogP contribution in [-0.4, -0.2) is 7.05 Å². The summed E-state index contributed by atoms with van der Waals surface area (Å²) < 4.78 is 14.0. The molecule has 0 aliphatic rings. The third-order valence-corrected chi connectivity index (χ3v) is 3.57. The topological polar surface area (TPSA) is 29.3 Å². The van der Waals surface area contributed by atoms with Crippen LogP contribution >= 0.6 is 0 Å². The third-order valence-electron chi connectivity index (χ3n) is 3.57. The Hall–Kier alpha value is -1.87. The van der Waals surface area contributed by atoms with Gasteiger partial charge in [0, 0.05) is 30.9 Å². The molecule has 0 heterocycles. The van der Waals surface area contributed by atoms with Crippen molar-refractivity contribution < 1.29 is 4.39 Å². The first-order chi connectivity index (χ1) is 9.50. The maximum absolute atomic E-state index is 14.0. The fraction of sp³-hybridized carbons (Fsp3) is 0.294. The van der Waals surface area contributed by atoms with Crippen LogP contribution in [-0.2, 0) is 6.54 Å². The van der Waals surface area contributed by atoms with Gasteiger partial charge in [0.2, 0.25) is 0 Å². The number of rotatable bonds is 4. The molecular weight excluding hydrogens is 251 g/mol. The number of benzene rings is 2. The fourth-order valence-corrected chi connectivity index (χ4v) is 2.44. The lowest BCUT2D eigenvalue weighted by Gasteiger charge is -2.25. The fourth-order valence-electron chi connectivity index (χ4n) is 2.44. The summed E-state index contributed by atoms with van der Waals surface area (Å²) in [5.74, 6) is -0.242. The van der Waals surface area contributed by atoms with E-state index in [0.29, 0.717) is 5.56 Å². The predicted octanol–water partition coefficient (Wildman–Crippen LogP) is 3.79. The number of hydrogen-bond donors (Lipinski definition) is 1. The van der Waals surface area contributed by atoms with Crippen molar-refractivity contribution in [3.05, 3.63) is 65.0 Å². The Morgan fingerprint density at radius 1 is 1.15 bits per heavy atom. The van der Waals surface area contributed by atoms with Crippen LogP contribution in [0, 0.1) is 12.7 Å². The van der Waals surface area contributed by atoms with Crippen LogP contribution in [0.4, 0.5) is 10.1 Å². The SMILES string of the molecule is Cc1ccccc1CN(C)c1cccc(F)c1[C@@H](C)N. The van der Waals surface area contributed by atoms with Gasteiger partial charge in [0.15, 0.2) is 0 Å². The molecule has 0 spiro atoms. The first-order valence-electron chi connectivity index (χ1n) is 6.80. The summed E-state index contributed by atoms with van der Waals surface area (Å²) in [5.41, 5.74) is 9.80. The quantitative estimate of drug-likeness (QED) is 0.917. The summed E-state index contributed by atoms with van der Waals surface area (Å²) in [6, 6.07) is 13.0. The van der Waals surface area contributed by atoms with Crippen molar-refractivity contribution in [2.45, 2.75) is 26.4 Å². The molecule has 0 aromatic heterocycles. The Bertz CT molecular complexity index is 593. The minimum absolute atomic E-state index is 0.242. The average Bonchev–Trinajstić information content (AvgIpc) is 2.40.